The molecule has 0 aliphatic heterocycles. The van der Waals surface area contributed by atoms with Crippen molar-refractivity contribution >= 4 is 17.4 Å². The second-order valence-corrected chi connectivity index (χ2v) is 5.05. The number of carbonyl (C=O) groups is 2. The second-order valence-electron chi connectivity index (χ2n) is 5.05. The molecule has 0 aromatic heterocycles. The SMILES string of the molecule is CC(=O)CC(=O)Nc1ccc(Oc2ccccc2)cc1C(F)(F)F. The number of rotatable bonds is 5. The van der Waals surface area contributed by atoms with Gasteiger partial charge in [-0.25, -0.2) is 0 Å². The zero-order valence-corrected chi connectivity index (χ0v) is 12.7. The molecule has 0 saturated carbocycles. The highest BCUT2D eigenvalue weighted by Gasteiger charge is 2.34. The first-order chi connectivity index (χ1) is 11.3. The van der Waals surface area contributed by atoms with Crippen LogP contribution in [0.3, 0.4) is 0 Å². The topological polar surface area (TPSA) is 55.4 Å². The molecule has 0 aliphatic rings. The molecule has 0 unspecified atom stereocenters. The quantitative estimate of drug-likeness (QED) is 0.822. The number of anilines is 1. The standard InChI is InChI=1S/C17H14F3NO3/c1-11(22)9-16(23)21-15-8-7-13(10-14(15)17(18,19)20)24-12-5-3-2-4-6-12/h2-8,10H,9H2,1H3,(H,21,23). The van der Waals surface area contributed by atoms with Gasteiger partial charge in [0.1, 0.15) is 17.3 Å². The van der Waals surface area contributed by atoms with Crippen molar-refractivity contribution in [2.24, 2.45) is 0 Å². The van der Waals surface area contributed by atoms with Crippen molar-refractivity contribution in [1.29, 1.82) is 0 Å². The molecule has 0 bridgehead atoms. The van der Waals surface area contributed by atoms with Crippen LogP contribution in [-0.2, 0) is 15.8 Å². The van der Waals surface area contributed by atoms with Gasteiger partial charge in [-0.2, -0.15) is 13.2 Å². The summed E-state index contributed by atoms with van der Waals surface area (Å²) in [5.41, 5.74) is -1.47. The van der Waals surface area contributed by atoms with E-state index in [0.29, 0.717) is 5.75 Å². The number of para-hydroxylation sites is 1. The summed E-state index contributed by atoms with van der Waals surface area (Å²) >= 11 is 0. The smallest absolute Gasteiger partial charge is 0.418 e. The van der Waals surface area contributed by atoms with Gasteiger partial charge in [0.2, 0.25) is 5.91 Å². The molecule has 0 aliphatic carbocycles. The number of hydrogen-bond acceptors (Lipinski definition) is 3. The number of hydrogen-bond donors (Lipinski definition) is 1. The van der Waals surface area contributed by atoms with E-state index in [2.05, 4.69) is 5.32 Å². The maximum absolute atomic E-state index is 13.2. The lowest BCUT2D eigenvalue weighted by Gasteiger charge is -2.15. The molecular weight excluding hydrogens is 323 g/mol. The van der Waals surface area contributed by atoms with Crippen molar-refractivity contribution in [3.8, 4) is 11.5 Å². The van der Waals surface area contributed by atoms with Crippen LogP contribution in [0.15, 0.2) is 48.5 Å². The fraction of sp³-hybridized carbons (Fsp3) is 0.176. The van der Waals surface area contributed by atoms with E-state index < -0.39 is 35.5 Å². The summed E-state index contributed by atoms with van der Waals surface area (Å²) in [5.74, 6) is -0.869. The fourth-order valence-corrected chi connectivity index (χ4v) is 1.98. The highest BCUT2D eigenvalue weighted by molar-refractivity contribution is 6.03. The molecule has 0 radical (unpaired) electrons. The summed E-state index contributed by atoms with van der Waals surface area (Å²) in [7, 11) is 0. The van der Waals surface area contributed by atoms with Gasteiger partial charge >= 0.3 is 6.18 Å². The van der Waals surface area contributed by atoms with Crippen LogP contribution in [0, 0.1) is 0 Å². The Morgan fingerprint density at radius 3 is 2.29 bits per heavy atom. The maximum atomic E-state index is 13.2. The lowest BCUT2D eigenvalue weighted by molar-refractivity contribution is -0.137. The fourth-order valence-electron chi connectivity index (χ4n) is 1.98. The number of alkyl halides is 3. The van der Waals surface area contributed by atoms with Gasteiger partial charge in [-0.05, 0) is 37.3 Å². The Labute approximate surface area is 136 Å². The Hall–Kier alpha value is -2.83. The van der Waals surface area contributed by atoms with Crippen LogP contribution in [0.4, 0.5) is 18.9 Å². The predicted octanol–water partition coefficient (Wildman–Crippen LogP) is 4.42. The zero-order chi connectivity index (χ0) is 17.7. The lowest BCUT2D eigenvalue weighted by Crippen LogP contribution is -2.18. The highest BCUT2D eigenvalue weighted by atomic mass is 19.4. The van der Waals surface area contributed by atoms with Crippen LogP contribution in [-0.4, -0.2) is 11.7 Å². The molecule has 1 amide bonds. The molecule has 7 heteroatoms. The Morgan fingerprint density at radius 2 is 1.71 bits per heavy atom. The van der Waals surface area contributed by atoms with Crippen molar-refractivity contribution in [2.45, 2.75) is 19.5 Å². The predicted molar refractivity (Wildman–Crippen MR) is 81.9 cm³/mol. The van der Waals surface area contributed by atoms with E-state index in [9.17, 15) is 22.8 Å². The van der Waals surface area contributed by atoms with Gasteiger partial charge in [0.15, 0.2) is 0 Å². The highest BCUT2D eigenvalue weighted by Crippen LogP contribution is 2.38. The van der Waals surface area contributed by atoms with Gasteiger partial charge in [-0.15, -0.1) is 0 Å². The Kier molecular flexibility index (Phi) is 5.23. The summed E-state index contributed by atoms with van der Waals surface area (Å²) in [6, 6.07) is 11.6. The molecule has 4 nitrogen and oxygen atoms in total. The molecule has 0 heterocycles. The Morgan fingerprint density at radius 1 is 1.04 bits per heavy atom. The third-order valence-corrected chi connectivity index (χ3v) is 2.96. The molecule has 0 saturated heterocycles. The van der Waals surface area contributed by atoms with Gasteiger partial charge in [-0.1, -0.05) is 18.2 Å². The lowest BCUT2D eigenvalue weighted by atomic mass is 10.1. The van der Waals surface area contributed by atoms with Crippen molar-refractivity contribution in [3.05, 3.63) is 54.1 Å². The van der Waals surface area contributed by atoms with Gasteiger partial charge < -0.3 is 10.1 Å². The number of ketones is 1. The first-order valence-corrected chi connectivity index (χ1v) is 6.99. The number of Topliss-reactive ketones (excluding diaryl/α,β-unsaturated/α-hetero) is 1. The van der Waals surface area contributed by atoms with Crippen molar-refractivity contribution in [1.82, 2.24) is 0 Å². The summed E-state index contributed by atoms with van der Waals surface area (Å²) in [4.78, 5) is 22.4. The van der Waals surface area contributed by atoms with Crippen LogP contribution < -0.4 is 10.1 Å². The summed E-state index contributed by atoms with van der Waals surface area (Å²) in [6.45, 7) is 1.18. The minimum Gasteiger partial charge on any atom is -0.457 e. The third kappa shape index (κ3) is 4.84. The monoisotopic (exact) mass is 337 g/mol. The van der Waals surface area contributed by atoms with E-state index >= 15 is 0 Å². The molecule has 1 N–H and O–H groups in total. The molecular formula is C17H14F3NO3. The van der Waals surface area contributed by atoms with Crippen LogP contribution in [0.25, 0.3) is 0 Å². The summed E-state index contributed by atoms with van der Waals surface area (Å²) in [6.07, 6.45) is -5.17. The third-order valence-electron chi connectivity index (χ3n) is 2.96. The van der Waals surface area contributed by atoms with E-state index in [0.717, 1.165) is 12.1 Å². The second kappa shape index (κ2) is 7.16. The number of amides is 1. The first-order valence-electron chi connectivity index (χ1n) is 6.99. The molecule has 2 aromatic carbocycles. The Balaban J connectivity index is 2.29. The average Bonchev–Trinajstić information content (AvgIpc) is 2.48. The largest absolute Gasteiger partial charge is 0.457 e. The number of carbonyl (C=O) groups excluding carboxylic acids is 2. The normalized spacial score (nSPS) is 11.0. The number of ether oxygens (including phenoxy) is 1. The average molecular weight is 337 g/mol. The minimum atomic E-state index is -4.69. The molecule has 2 aromatic rings. The van der Waals surface area contributed by atoms with Crippen molar-refractivity contribution < 1.29 is 27.5 Å². The van der Waals surface area contributed by atoms with Gasteiger partial charge in [0, 0.05) is 0 Å². The molecule has 0 atom stereocenters. The van der Waals surface area contributed by atoms with Gasteiger partial charge in [-0.3, -0.25) is 9.59 Å². The molecule has 0 fully saturated rings. The van der Waals surface area contributed by atoms with E-state index in [1.165, 1.54) is 13.0 Å². The van der Waals surface area contributed by atoms with Crippen LogP contribution >= 0.6 is 0 Å². The number of benzene rings is 2. The van der Waals surface area contributed by atoms with E-state index in [1.54, 1.807) is 30.3 Å². The van der Waals surface area contributed by atoms with Gasteiger partial charge in [0.25, 0.3) is 0 Å². The molecule has 126 valence electrons. The number of halogens is 3. The number of nitrogens with one attached hydrogen (secondary N) is 1. The minimum absolute atomic E-state index is 0.0157. The zero-order valence-electron chi connectivity index (χ0n) is 12.7. The Bertz CT molecular complexity index is 742. The van der Waals surface area contributed by atoms with E-state index in [4.69, 9.17) is 4.74 Å². The van der Waals surface area contributed by atoms with E-state index in [-0.39, 0.29) is 5.75 Å². The van der Waals surface area contributed by atoms with Crippen LogP contribution in [0.2, 0.25) is 0 Å². The molecule has 24 heavy (non-hydrogen) atoms. The van der Waals surface area contributed by atoms with Crippen molar-refractivity contribution in [3.63, 3.8) is 0 Å². The summed E-state index contributed by atoms with van der Waals surface area (Å²) < 4.78 is 45.0. The van der Waals surface area contributed by atoms with Crippen LogP contribution in [0.5, 0.6) is 11.5 Å². The molecule has 2 rings (SSSR count). The van der Waals surface area contributed by atoms with E-state index in [1.807, 2.05) is 0 Å². The van der Waals surface area contributed by atoms with Crippen molar-refractivity contribution in [2.75, 3.05) is 5.32 Å². The summed E-state index contributed by atoms with van der Waals surface area (Å²) in [5, 5.41) is 2.10. The maximum Gasteiger partial charge on any atom is 0.418 e. The van der Waals surface area contributed by atoms with Gasteiger partial charge in [0.05, 0.1) is 17.7 Å². The first kappa shape index (κ1) is 17.5. The van der Waals surface area contributed by atoms with Crippen LogP contribution in [0.1, 0.15) is 18.9 Å². The molecule has 0 spiro atoms.